The van der Waals surface area contributed by atoms with Crippen LogP contribution in [0.25, 0.3) is 0 Å². The van der Waals surface area contributed by atoms with Gasteiger partial charge in [0, 0.05) is 0 Å². The third-order valence-corrected chi connectivity index (χ3v) is 2.36. The van der Waals surface area contributed by atoms with Crippen LogP contribution in [0, 0.1) is 15.9 Å². The lowest BCUT2D eigenvalue weighted by molar-refractivity contribution is -0.387. The molecule has 0 N–H and O–H groups in total. The van der Waals surface area contributed by atoms with Crippen LogP contribution in [0.4, 0.5) is 10.1 Å². The van der Waals surface area contributed by atoms with Gasteiger partial charge in [-0.25, -0.2) is 4.39 Å². The smallest absolute Gasteiger partial charge is 0.258 e. The molecule has 0 bridgehead atoms. The predicted molar refractivity (Wildman–Crippen MR) is 49.5 cm³/mol. The first-order valence-corrected chi connectivity index (χ1v) is 4.70. The van der Waals surface area contributed by atoms with Crippen molar-refractivity contribution in [1.82, 2.24) is 0 Å². The van der Waals surface area contributed by atoms with Crippen LogP contribution in [0.3, 0.4) is 0 Å². The maximum atomic E-state index is 12.6. The Morgan fingerprint density at radius 2 is 2.31 bits per heavy atom. The highest BCUT2D eigenvalue weighted by Gasteiger charge is 2.14. The highest BCUT2D eigenvalue weighted by atomic mass is 32.2. The lowest BCUT2D eigenvalue weighted by Gasteiger charge is -1.99. The largest absolute Gasteiger partial charge is 0.285 e. The summed E-state index contributed by atoms with van der Waals surface area (Å²) in [6.07, 6.45) is 0. The third-order valence-electron chi connectivity index (χ3n) is 1.42. The van der Waals surface area contributed by atoms with Crippen LogP contribution in [0.5, 0.6) is 0 Å². The van der Waals surface area contributed by atoms with Gasteiger partial charge in [0.05, 0.1) is 15.9 Å². The molecule has 0 saturated heterocycles. The molecule has 1 aromatic carbocycles. The van der Waals surface area contributed by atoms with Crippen molar-refractivity contribution in [3.63, 3.8) is 0 Å². The van der Waals surface area contributed by atoms with Crippen molar-refractivity contribution >= 4 is 17.4 Å². The Kier molecular flexibility index (Phi) is 3.25. The van der Waals surface area contributed by atoms with Gasteiger partial charge < -0.3 is 0 Å². The normalized spacial score (nSPS) is 10.0. The molecule has 0 aliphatic heterocycles. The van der Waals surface area contributed by atoms with Gasteiger partial charge in [-0.2, -0.15) is 0 Å². The van der Waals surface area contributed by atoms with E-state index in [1.165, 1.54) is 23.9 Å². The van der Waals surface area contributed by atoms with Crippen LogP contribution in [-0.2, 0) is 0 Å². The van der Waals surface area contributed by atoms with Crippen LogP contribution < -0.4 is 0 Å². The molecule has 3 nitrogen and oxygen atoms in total. The molecule has 1 aromatic rings. The molecule has 0 heterocycles. The molecule has 70 valence electrons. The minimum absolute atomic E-state index is 0.160. The van der Waals surface area contributed by atoms with Crippen molar-refractivity contribution < 1.29 is 9.31 Å². The summed E-state index contributed by atoms with van der Waals surface area (Å²) in [4.78, 5) is 10.4. The molecule has 0 aromatic heterocycles. The van der Waals surface area contributed by atoms with E-state index in [9.17, 15) is 14.5 Å². The summed E-state index contributed by atoms with van der Waals surface area (Å²) in [5.74, 6) is 0.152. The van der Waals surface area contributed by atoms with Crippen molar-refractivity contribution in [3.05, 3.63) is 34.1 Å². The molecule has 0 aliphatic carbocycles. The van der Waals surface area contributed by atoms with Crippen molar-refractivity contribution in [2.75, 3.05) is 5.75 Å². The second kappa shape index (κ2) is 4.23. The van der Waals surface area contributed by atoms with Gasteiger partial charge in [0.2, 0.25) is 0 Å². The van der Waals surface area contributed by atoms with Gasteiger partial charge in [0.25, 0.3) is 5.69 Å². The molecular formula is C8H8FNO2S. The fourth-order valence-corrected chi connectivity index (χ4v) is 1.67. The number of hydrogen-bond donors (Lipinski definition) is 0. The monoisotopic (exact) mass is 201 g/mol. The maximum absolute atomic E-state index is 12.6. The van der Waals surface area contributed by atoms with E-state index in [1.807, 2.05) is 6.92 Å². The molecule has 0 unspecified atom stereocenters. The zero-order valence-electron chi connectivity index (χ0n) is 6.99. The molecule has 0 radical (unpaired) electrons. The topological polar surface area (TPSA) is 43.1 Å². The molecular weight excluding hydrogens is 193 g/mol. The lowest BCUT2D eigenvalue weighted by atomic mass is 10.3. The Bertz CT molecular complexity index is 330. The van der Waals surface area contributed by atoms with E-state index in [0.717, 1.165) is 11.8 Å². The minimum Gasteiger partial charge on any atom is -0.258 e. The quantitative estimate of drug-likeness (QED) is 0.429. The summed E-state index contributed by atoms with van der Waals surface area (Å²) in [6.45, 7) is 1.89. The van der Waals surface area contributed by atoms with Gasteiger partial charge in [-0.15, -0.1) is 11.8 Å². The molecule has 0 saturated carbocycles. The average molecular weight is 201 g/mol. The van der Waals surface area contributed by atoms with E-state index in [1.54, 1.807) is 0 Å². The summed E-state index contributed by atoms with van der Waals surface area (Å²) >= 11 is 1.33. The van der Waals surface area contributed by atoms with Gasteiger partial charge >= 0.3 is 0 Å². The van der Waals surface area contributed by atoms with Gasteiger partial charge in [-0.1, -0.05) is 6.92 Å². The van der Waals surface area contributed by atoms with Crippen LogP contribution >= 0.6 is 11.8 Å². The third kappa shape index (κ3) is 2.42. The maximum Gasteiger partial charge on any atom is 0.285 e. The van der Waals surface area contributed by atoms with Crippen LogP contribution in [-0.4, -0.2) is 10.7 Å². The fraction of sp³-hybridized carbons (Fsp3) is 0.250. The standard InChI is InChI=1S/C8H8FNO2S/c1-2-13-8-4-3-6(9)5-7(8)10(11)12/h3-5H,2H2,1H3. The number of nitro groups is 1. The summed E-state index contributed by atoms with van der Waals surface area (Å²) < 4.78 is 12.6. The second-order valence-corrected chi connectivity index (χ2v) is 3.61. The minimum atomic E-state index is -0.577. The first-order valence-electron chi connectivity index (χ1n) is 3.72. The molecule has 0 aliphatic rings. The van der Waals surface area contributed by atoms with Crippen LogP contribution in [0.2, 0.25) is 0 Å². The van der Waals surface area contributed by atoms with Crippen LogP contribution in [0.15, 0.2) is 23.1 Å². The van der Waals surface area contributed by atoms with Crippen molar-refractivity contribution in [1.29, 1.82) is 0 Å². The Labute approximate surface area is 79.1 Å². The molecule has 0 fully saturated rings. The number of nitrogens with zero attached hydrogens (tertiary/aromatic N) is 1. The lowest BCUT2D eigenvalue weighted by Crippen LogP contribution is -1.91. The predicted octanol–water partition coefficient (Wildman–Crippen LogP) is 2.85. The zero-order chi connectivity index (χ0) is 9.84. The second-order valence-electron chi connectivity index (χ2n) is 2.30. The Balaban J connectivity index is 3.10. The zero-order valence-corrected chi connectivity index (χ0v) is 7.81. The van der Waals surface area contributed by atoms with Crippen molar-refractivity contribution in [2.24, 2.45) is 0 Å². The van der Waals surface area contributed by atoms with Gasteiger partial charge in [0.15, 0.2) is 0 Å². The van der Waals surface area contributed by atoms with Gasteiger partial charge in [0.1, 0.15) is 5.82 Å². The fourth-order valence-electron chi connectivity index (χ4n) is 0.911. The summed E-state index contributed by atoms with van der Waals surface area (Å²) in [6, 6.07) is 3.60. The summed E-state index contributed by atoms with van der Waals surface area (Å²) in [5, 5.41) is 10.5. The van der Waals surface area contributed by atoms with Crippen LogP contribution in [0.1, 0.15) is 6.92 Å². The number of nitro benzene ring substituents is 1. The van der Waals surface area contributed by atoms with E-state index in [-0.39, 0.29) is 5.69 Å². The molecule has 0 amide bonds. The number of hydrogen-bond acceptors (Lipinski definition) is 3. The number of thioether (sulfide) groups is 1. The van der Waals surface area contributed by atoms with E-state index in [4.69, 9.17) is 0 Å². The average Bonchev–Trinajstić information content (AvgIpc) is 2.08. The van der Waals surface area contributed by atoms with Gasteiger partial charge in [-0.3, -0.25) is 10.1 Å². The molecule has 5 heteroatoms. The summed E-state index contributed by atoms with van der Waals surface area (Å²) in [7, 11) is 0. The Morgan fingerprint density at radius 1 is 1.62 bits per heavy atom. The van der Waals surface area contributed by atoms with Crippen molar-refractivity contribution in [2.45, 2.75) is 11.8 Å². The first-order chi connectivity index (χ1) is 6.15. The van der Waals surface area contributed by atoms with Gasteiger partial charge in [-0.05, 0) is 17.9 Å². The highest BCUT2D eigenvalue weighted by Crippen LogP contribution is 2.29. The Morgan fingerprint density at radius 3 is 2.85 bits per heavy atom. The first kappa shape index (κ1) is 9.98. The molecule has 0 spiro atoms. The van der Waals surface area contributed by atoms with E-state index in [0.29, 0.717) is 4.90 Å². The Hall–Kier alpha value is -1.10. The van der Waals surface area contributed by atoms with E-state index in [2.05, 4.69) is 0 Å². The van der Waals surface area contributed by atoms with E-state index >= 15 is 0 Å². The summed E-state index contributed by atoms with van der Waals surface area (Å²) in [5.41, 5.74) is -0.160. The number of benzene rings is 1. The van der Waals surface area contributed by atoms with E-state index < -0.39 is 10.7 Å². The molecule has 13 heavy (non-hydrogen) atoms. The SMILES string of the molecule is CCSc1ccc(F)cc1[N+](=O)[O-]. The molecule has 0 atom stereocenters. The number of halogens is 1. The van der Waals surface area contributed by atoms with Crippen molar-refractivity contribution in [3.8, 4) is 0 Å². The number of rotatable bonds is 3. The highest BCUT2D eigenvalue weighted by molar-refractivity contribution is 7.99. The molecule has 1 rings (SSSR count).